The summed E-state index contributed by atoms with van der Waals surface area (Å²) in [6.45, 7) is 2.93. The quantitative estimate of drug-likeness (QED) is 0.752. The normalized spacial score (nSPS) is 16.5. The topological polar surface area (TPSA) is 70.6 Å². The Morgan fingerprint density at radius 3 is 2.71 bits per heavy atom. The van der Waals surface area contributed by atoms with E-state index >= 15 is 0 Å². The standard InChI is InChI=1S/C16H24N2O3/c1-2-21-14-8-4-3-7-13(14)11-17-15(20)18-16(12-19)9-5-6-10-16/h3-4,7-8,19H,2,5-6,9-12H2,1H3,(H2,17,18,20). The highest BCUT2D eigenvalue weighted by Gasteiger charge is 2.34. The van der Waals surface area contributed by atoms with E-state index in [-0.39, 0.29) is 12.6 Å². The Labute approximate surface area is 125 Å². The van der Waals surface area contributed by atoms with Crippen LogP contribution in [0.15, 0.2) is 24.3 Å². The van der Waals surface area contributed by atoms with Crippen LogP contribution >= 0.6 is 0 Å². The van der Waals surface area contributed by atoms with E-state index < -0.39 is 5.54 Å². The number of amides is 2. The van der Waals surface area contributed by atoms with Crippen molar-refractivity contribution in [3.63, 3.8) is 0 Å². The maximum absolute atomic E-state index is 12.0. The molecule has 21 heavy (non-hydrogen) atoms. The summed E-state index contributed by atoms with van der Waals surface area (Å²) in [5.74, 6) is 0.790. The van der Waals surface area contributed by atoms with Crippen molar-refractivity contribution >= 4 is 6.03 Å². The number of rotatable bonds is 6. The Morgan fingerprint density at radius 1 is 1.33 bits per heavy atom. The number of nitrogens with one attached hydrogen (secondary N) is 2. The molecule has 0 aromatic heterocycles. The zero-order valence-corrected chi connectivity index (χ0v) is 12.5. The van der Waals surface area contributed by atoms with Crippen LogP contribution in [-0.2, 0) is 6.54 Å². The van der Waals surface area contributed by atoms with Gasteiger partial charge < -0.3 is 20.5 Å². The van der Waals surface area contributed by atoms with Crippen molar-refractivity contribution in [2.45, 2.75) is 44.7 Å². The summed E-state index contributed by atoms with van der Waals surface area (Å²) in [4.78, 5) is 12.0. The van der Waals surface area contributed by atoms with Crippen molar-refractivity contribution in [2.75, 3.05) is 13.2 Å². The van der Waals surface area contributed by atoms with Crippen molar-refractivity contribution in [3.05, 3.63) is 29.8 Å². The van der Waals surface area contributed by atoms with Gasteiger partial charge in [-0.2, -0.15) is 0 Å². The lowest BCUT2D eigenvalue weighted by Gasteiger charge is -2.28. The van der Waals surface area contributed by atoms with Crippen molar-refractivity contribution in [2.24, 2.45) is 0 Å². The van der Waals surface area contributed by atoms with E-state index in [9.17, 15) is 9.90 Å². The molecule has 0 aliphatic heterocycles. The summed E-state index contributed by atoms with van der Waals surface area (Å²) in [5, 5.41) is 15.3. The highest BCUT2D eigenvalue weighted by molar-refractivity contribution is 5.75. The van der Waals surface area contributed by atoms with Crippen molar-refractivity contribution in [3.8, 4) is 5.75 Å². The smallest absolute Gasteiger partial charge is 0.315 e. The first-order valence-electron chi connectivity index (χ1n) is 7.57. The van der Waals surface area contributed by atoms with Gasteiger partial charge in [-0.3, -0.25) is 0 Å². The van der Waals surface area contributed by atoms with Gasteiger partial charge in [0.1, 0.15) is 5.75 Å². The molecule has 0 saturated heterocycles. The number of hydrogen-bond acceptors (Lipinski definition) is 3. The number of carbonyl (C=O) groups is 1. The van der Waals surface area contributed by atoms with Gasteiger partial charge in [-0.25, -0.2) is 4.79 Å². The lowest BCUT2D eigenvalue weighted by atomic mass is 9.99. The van der Waals surface area contributed by atoms with E-state index in [1.165, 1.54) is 0 Å². The molecule has 0 unspecified atom stereocenters. The molecule has 1 fully saturated rings. The number of hydrogen-bond donors (Lipinski definition) is 3. The molecule has 1 aromatic rings. The third-order valence-electron chi connectivity index (χ3n) is 3.95. The van der Waals surface area contributed by atoms with E-state index in [4.69, 9.17) is 4.74 Å². The highest BCUT2D eigenvalue weighted by Crippen LogP contribution is 2.29. The van der Waals surface area contributed by atoms with Gasteiger partial charge >= 0.3 is 6.03 Å². The summed E-state index contributed by atoms with van der Waals surface area (Å²) in [6.07, 6.45) is 3.78. The molecule has 1 aliphatic carbocycles. The molecular weight excluding hydrogens is 268 g/mol. The zero-order valence-electron chi connectivity index (χ0n) is 12.5. The first kappa shape index (κ1) is 15.6. The average molecular weight is 292 g/mol. The van der Waals surface area contributed by atoms with Crippen LogP contribution < -0.4 is 15.4 Å². The number of aliphatic hydroxyl groups excluding tert-OH is 1. The van der Waals surface area contributed by atoms with Crippen LogP contribution in [0.5, 0.6) is 5.75 Å². The predicted molar refractivity (Wildman–Crippen MR) is 81.3 cm³/mol. The maximum Gasteiger partial charge on any atom is 0.315 e. The minimum Gasteiger partial charge on any atom is -0.494 e. The fourth-order valence-electron chi connectivity index (χ4n) is 2.78. The molecule has 0 radical (unpaired) electrons. The molecule has 1 aromatic carbocycles. The lowest BCUT2D eigenvalue weighted by Crippen LogP contribution is -2.52. The van der Waals surface area contributed by atoms with Gasteiger partial charge in [-0.1, -0.05) is 31.0 Å². The molecule has 0 bridgehead atoms. The largest absolute Gasteiger partial charge is 0.494 e. The van der Waals surface area contributed by atoms with Gasteiger partial charge in [0.05, 0.1) is 18.8 Å². The van der Waals surface area contributed by atoms with E-state index in [0.717, 1.165) is 37.0 Å². The fraction of sp³-hybridized carbons (Fsp3) is 0.562. The Hall–Kier alpha value is -1.75. The Morgan fingerprint density at radius 2 is 2.05 bits per heavy atom. The van der Waals surface area contributed by atoms with E-state index in [2.05, 4.69) is 10.6 Å². The van der Waals surface area contributed by atoms with Crippen molar-refractivity contribution in [1.82, 2.24) is 10.6 Å². The fourth-order valence-corrected chi connectivity index (χ4v) is 2.78. The first-order valence-corrected chi connectivity index (χ1v) is 7.57. The predicted octanol–water partition coefficient (Wildman–Crippen LogP) is 2.19. The molecule has 0 spiro atoms. The van der Waals surface area contributed by atoms with Crippen LogP contribution in [-0.4, -0.2) is 29.9 Å². The highest BCUT2D eigenvalue weighted by atomic mass is 16.5. The second kappa shape index (κ2) is 7.31. The van der Waals surface area contributed by atoms with Crippen LogP contribution in [0.2, 0.25) is 0 Å². The second-order valence-corrected chi connectivity index (χ2v) is 5.49. The third kappa shape index (κ3) is 4.11. The molecule has 5 nitrogen and oxygen atoms in total. The van der Waals surface area contributed by atoms with E-state index in [1.54, 1.807) is 0 Å². The monoisotopic (exact) mass is 292 g/mol. The molecule has 5 heteroatoms. The minimum atomic E-state index is -0.441. The third-order valence-corrected chi connectivity index (χ3v) is 3.95. The van der Waals surface area contributed by atoms with E-state index in [0.29, 0.717) is 13.2 Å². The Bertz CT molecular complexity index is 470. The SMILES string of the molecule is CCOc1ccccc1CNC(=O)NC1(CO)CCCC1. The van der Waals surface area contributed by atoms with Crippen molar-refractivity contribution < 1.29 is 14.6 Å². The molecule has 0 atom stereocenters. The van der Waals surface area contributed by atoms with Crippen LogP contribution in [0.3, 0.4) is 0 Å². The number of urea groups is 1. The lowest BCUT2D eigenvalue weighted by molar-refractivity contribution is 0.162. The van der Waals surface area contributed by atoms with Gasteiger partial charge in [0.15, 0.2) is 0 Å². The molecule has 1 saturated carbocycles. The van der Waals surface area contributed by atoms with Crippen LogP contribution in [0, 0.1) is 0 Å². The summed E-state index contributed by atoms with van der Waals surface area (Å²) in [5.41, 5.74) is 0.503. The van der Waals surface area contributed by atoms with Crippen LogP contribution in [0.25, 0.3) is 0 Å². The molecule has 116 valence electrons. The minimum absolute atomic E-state index is 0.00402. The summed E-state index contributed by atoms with van der Waals surface area (Å²) in [7, 11) is 0. The number of para-hydroxylation sites is 1. The molecular formula is C16H24N2O3. The molecule has 3 N–H and O–H groups in total. The summed E-state index contributed by atoms with van der Waals surface area (Å²) >= 11 is 0. The maximum atomic E-state index is 12.0. The molecule has 0 heterocycles. The Kier molecular flexibility index (Phi) is 5.44. The van der Waals surface area contributed by atoms with Gasteiger partial charge in [0, 0.05) is 12.1 Å². The summed E-state index contributed by atoms with van der Waals surface area (Å²) in [6, 6.07) is 7.42. The van der Waals surface area contributed by atoms with Crippen LogP contribution in [0.1, 0.15) is 38.2 Å². The van der Waals surface area contributed by atoms with Gasteiger partial charge in [0.2, 0.25) is 0 Å². The number of aliphatic hydroxyl groups is 1. The first-order chi connectivity index (χ1) is 10.2. The molecule has 2 rings (SSSR count). The number of carbonyl (C=O) groups excluding carboxylic acids is 1. The summed E-state index contributed by atoms with van der Waals surface area (Å²) < 4.78 is 5.53. The van der Waals surface area contributed by atoms with Gasteiger partial charge in [-0.15, -0.1) is 0 Å². The average Bonchev–Trinajstić information content (AvgIpc) is 2.96. The van der Waals surface area contributed by atoms with Gasteiger partial charge in [-0.05, 0) is 25.8 Å². The second-order valence-electron chi connectivity index (χ2n) is 5.49. The van der Waals surface area contributed by atoms with Crippen LogP contribution in [0.4, 0.5) is 4.79 Å². The Balaban J connectivity index is 1.89. The zero-order chi connectivity index (χ0) is 15.1. The molecule has 2 amide bonds. The van der Waals surface area contributed by atoms with E-state index in [1.807, 2.05) is 31.2 Å². The number of benzene rings is 1. The van der Waals surface area contributed by atoms with Crippen molar-refractivity contribution in [1.29, 1.82) is 0 Å². The van der Waals surface area contributed by atoms with Gasteiger partial charge in [0.25, 0.3) is 0 Å². The molecule has 1 aliphatic rings. The number of ether oxygens (including phenoxy) is 1.